The fourth-order valence-electron chi connectivity index (χ4n) is 3.04. The molecule has 1 aromatic rings. The van der Waals surface area contributed by atoms with Crippen molar-refractivity contribution in [1.29, 1.82) is 0 Å². The van der Waals surface area contributed by atoms with Gasteiger partial charge in [0.25, 0.3) is 0 Å². The Balaban J connectivity index is 1.78. The average Bonchev–Trinajstić information content (AvgIpc) is 2.94. The highest BCUT2D eigenvalue weighted by Crippen LogP contribution is 2.24. The lowest BCUT2D eigenvalue weighted by molar-refractivity contribution is -0.136. The summed E-state index contributed by atoms with van der Waals surface area (Å²) >= 11 is 0. The second kappa shape index (κ2) is 8.18. The molecule has 3 unspecified atom stereocenters. The fourth-order valence-corrected chi connectivity index (χ4v) is 3.04. The zero-order valence-corrected chi connectivity index (χ0v) is 13.6. The maximum atomic E-state index is 12.6. The molecule has 1 aliphatic rings. The first kappa shape index (κ1) is 16.8. The van der Waals surface area contributed by atoms with Gasteiger partial charge in [-0.1, -0.05) is 25.1 Å². The quantitative estimate of drug-likeness (QED) is 0.842. The monoisotopic (exact) mass is 305 g/mol. The molecule has 3 atom stereocenters. The molecular weight excluding hydrogens is 278 g/mol. The van der Waals surface area contributed by atoms with Gasteiger partial charge in [0.2, 0.25) is 5.91 Å². The second-order valence-corrected chi connectivity index (χ2v) is 6.26. The molecule has 1 aromatic carbocycles. The lowest BCUT2D eigenvalue weighted by Gasteiger charge is -2.28. The van der Waals surface area contributed by atoms with Crippen LogP contribution in [-0.4, -0.2) is 41.2 Å². The number of benzene rings is 1. The largest absolute Gasteiger partial charge is 0.494 e. The topological polar surface area (TPSA) is 49.8 Å². The minimum atomic E-state index is -0.352. The number of hydrogen-bond acceptors (Lipinski definition) is 3. The molecule has 1 N–H and O–H groups in total. The Morgan fingerprint density at radius 2 is 2.09 bits per heavy atom. The van der Waals surface area contributed by atoms with Crippen LogP contribution in [0.4, 0.5) is 0 Å². The normalized spacial score (nSPS) is 20.7. The summed E-state index contributed by atoms with van der Waals surface area (Å²) in [4.78, 5) is 14.5. The van der Waals surface area contributed by atoms with E-state index in [0.29, 0.717) is 19.4 Å². The number of amides is 1. The van der Waals surface area contributed by atoms with Gasteiger partial charge in [0.15, 0.2) is 0 Å². The smallest absolute Gasteiger partial charge is 0.225 e. The van der Waals surface area contributed by atoms with Crippen LogP contribution in [0, 0.1) is 5.92 Å². The molecular formula is C18H27NO3. The molecule has 1 aliphatic heterocycles. The first-order valence-corrected chi connectivity index (χ1v) is 8.24. The number of carbonyl (C=O) groups is 1. The Bertz CT molecular complexity index is 461. The molecule has 0 bridgehead atoms. The number of carbonyl (C=O) groups excluding carboxylic acids is 1. The standard InChI is InChI=1S/C18H27NO3/c1-14(10-12-22-17-8-4-3-5-9-17)18(21)19-11-6-7-16(19)13-15(2)20/h3-5,8-9,14-16,20H,6-7,10-13H2,1-2H3. The number of hydrogen-bond donors (Lipinski definition) is 1. The van der Waals surface area contributed by atoms with Crippen molar-refractivity contribution in [3.05, 3.63) is 30.3 Å². The van der Waals surface area contributed by atoms with Crippen LogP contribution >= 0.6 is 0 Å². The zero-order valence-electron chi connectivity index (χ0n) is 13.6. The summed E-state index contributed by atoms with van der Waals surface area (Å²) in [5.74, 6) is 0.994. The van der Waals surface area contributed by atoms with E-state index in [-0.39, 0.29) is 24.0 Å². The van der Waals surface area contributed by atoms with E-state index in [1.807, 2.05) is 42.2 Å². The number of aliphatic hydroxyl groups is 1. The molecule has 1 heterocycles. The van der Waals surface area contributed by atoms with Gasteiger partial charge in [0.05, 0.1) is 12.7 Å². The van der Waals surface area contributed by atoms with E-state index in [2.05, 4.69) is 0 Å². The Hall–Kier alpha value is -1.55. The molecule has 0 aromatic heterocycles. The lowest BCUT2D eigenvalue weighted by atomic mass is 10.0. The molecule has 4 heteroatoms. The summed E-state index contributed by atoms with van der Waals surface area (Å²) in [6.07, 6.45) is 3.08. The van der Waals surface area contributed by atoms with Crippen LogP contribution in [0.15, 0.2) is 30.3 Å². The van der Waals surface area contributed by atoms with Gasteiger partial charge in [-0.25, -0.2) is 0 Å². The van der Waals surface area contributed by atoms with Gasteiger partial charge < -0.3 is 14.7 Å². The Labute approximate surface area is 133 Å². The van der Waals surface area contributed by atoms with Crippen molar-refractivity contribution in [3.8, 4) is 5.75 Å². The summed E-state index contributed by atoms with van der Waals surface area (Å²) in [6, 6.07) is 9.88. The Kier molecular flexibility index (Phi) is 6.25. The Morgan fingerprint density at radius 3 is 2.77 bits per heavy atom. The highest BCUT2D eigenvalue weighted by molar-refractivity contribution is 5.79. The summed E-state index contributed by atoms with van der Waals surface area (Å²) in [7, 11) is 0. The summed E-state index contributed by atoms with van der Waals surface area (Å²) in [5, 5.41) is 9.56. The summed E-state index contributed by atoms with van der Waals surface area (Å²) in [5.41, 5.74) is 0. The number of ether oxygens (including phenoxy) is 1. The van der Waals surface area contributed by atoms with Crippen LogP contribution in [0.5, 0.6) is 5.75 Å². The van der Waals surface area contributed by atoms with Crippen LogP contribution in [-0.2, 0) is 4.79 Å². The molecule has 0 aliphatic carbocycles. The fraction of sp³-hybridized carbons (Fsp3) is 0.611. The third-order valence-corrected chi connectivity index (χ3v) is 4.26. The number of likely N-dealkylation sites (tertiary alicyclic amines) is 1. The maximum absolute atomic E-state index is 12.6. The van der Waals surface area contributed by atoms with Crippen molar-refractivity contribution in [3.63, 3.8) is 0 Å². The van der Waals surface area contributed by atoms with Crippen LogP contribution < -0.4 is 4.74 Å². The highest BCUT2D eigenvalue weighted by atomic mass is 16.5. The van der Waals surface area contributed by atoms with E-state index < -0.39 is 0 Å². The molecule has 0 saturated carbocycles. The van der Waals surface area contributed by atoms with Crippen LogP contribution in [0.3, 0.4) is 0 Å². The summed E-state index contributed by atoms with van der Waals surface area (Å²) in [6.45, 7) is 5.12. The predicted octanol–water partition coefficient (Wildman–Crippen LogP) is 2.85. The lowest BCUT2D eigenvalue weighted by Crippen LogP contribution is -2.40. The molecule has 122 valence electrons. The first-order valence-electron chi connectivity index (χ1n) is 8.24. The highest BCUT2D eigenvalue weighted by Gasteiger charge is 2.31. The molecule has 22 heavy (non-hydrogen) atoms. The SMILES string of the molecule is CC(O)CC1CCCN1C(=O)C(C)CCOc1ccccc1. The van der Waals surface area contributed by atoms with Crippen LogP contribution in [0.2, 0.25) is 0 Å². The first-order chi connectivity index (χ1) is 10.6. The minimum absolute atomic E-state index is 0.0432. The van der Waals surface area contributed by atoms with Gasteiger partial charge in [0.1, 0.15) is 5.75 Å². The van der Waals surface area contributed by atoms with Crippen molar-refractivity contribution in [2.75, 3.05) is 13.2 Å². The summed E-state index contributed by atoms with van der Waals surface area (Å²) < 4.78 is 5.67. The number of para-hydroxylation sites is 1. The molecule has 2 rings (SSSR count). The van der Waals surface area contributed by atoms with Crippen molar-refractivity contribution >= 4 is 5.91 Å². The van der Waals surface area contributed by atoms with Crippen molar-refractivity contribution in [2.24, 2.45) is 5.92 Å². The van der Waals surface area contributed by atoms with E-state index in [4.69, 9.17) is 4.74 Å². The van der Waals surface area contributed by atoms with Crippen molar-refractivity contribution < 1.29 is 14.6 Å². The predicted molar refractivity (Wildman–Crippen MR) is 86.8 cm³/mol. The van der Waals surface area contributed by atoms with E-state index >= 15 is 0 Å². The van der Waals surface area contributed by atoms with Crippen molar-refractivity contribution in [2.45, 2.75) is 51.7 Å². The number of aliphatic hydroxyl groups excluding tert-OH is 1. The van der Waals surface area contributed by atoms with Crippen LogP contribution in [0.1, 0.15) is 39.5 Å². The number of rotatable bonds is 7. The maximum Gasteiger partial charge on any atom is 0.225 e. The molecule has 1 saturated heterocycles. The van der Waals surface area contributed by atoms with E-state index in [1.165, 1.54) is 0 Å². The van der Waals surface area contributed by atoms with Gasteiger partial charge in [-0.2, -0.15) is 0 Å². The molecule has 4 nitrogen and oxygen atoms in total. The van der Waals surface area contributed by atoms with Gasteiger partial charge >= 0.3 is 0 Å². The minimum Gasteiger partial charge on any atom is -0.494 e. The van der Waals surface area contributed by atoms with Crippen molar-refractivity contribution in [1.82, 2.24) is 4.90 Å². The van der Waals surface area contributed by atoms with Gasteiger partial charge in [-0.15, -0.1) is 0 Å². The molecule has 1 amide bonds. The zero-order chi connectivity index (χ0) is 15.9. The van der Waals surface area contributed by atoms with Gasteiger partial charge in [-0.3, -0.25) is 4.79 Å². The van der Waals surface area contributed by atoms with Gasteiger partial charge in [-0.05, 0) is 44.7 Å². The average molecular weight is 305 g/mol. The van der Waals surface area contributed by atoms with Gasteiger partial charge in [0, 0.05) is 18.5 Å². The third-order valence-electron chi connectivity index (χ3n) is 4.26. The van der Waals surface area contributed by atoms with E-state index in [9.17, 15) is 9.90 Å². The number of nitrogens with zero attached hydrogens (tertiary/aromatic N) is 1. The second-order valence-electron chi connectivity index (χ2n) is 6.26. The Morgan fingerprint density at radius 1 is 1.36 bits per heavy atom. The van der Waals surface area contributed by atoms with E-state index in [1.54, 1.807) is 6.92 Å². The third kappa shape index (κ3) is 4.73. The van der Waals surface area contributed by atoms with Crippen LogP contribution in [0.25, 0.3) is 0 Å². The molecule has 0 radical (unpaired) electrons. The molecule has 1 fully saturated rings. The molecule has 0 spiro atoms. The van der Waals surface area contributed by atoms with E-state index in [0.717, 1.165) is 25.1 Å².